The number of thioether (sulfide) groups is 1. The summed E-state index contributed by atoms with van der Waals surface area (Å²) in [6.45, 7) is 1.91. The van der Waals surface area contributed by atoms with Crippen molar-refractivity contribution < 1.29 is 14.3 Å². The zero-order chi connectivity index (χ0) is 14.7. The van der Waals surface area contributed by atoms with Gasteiger partial charge in [-0.2, -0.15) is 0 Å². The van der Waals surface area contributed by atoms with E-state index in [-0.39, 0.29) is 16.5 Å². The third kappa shape index (κ3) is 2.96. The van der Waals surface area contributed by atoms with E-state index in [1.807, 2.05) is 6.92 Å². The van der Waals surface area contributed by atoms with Gasteiger partial charge in [0.25, 0.3) is 0 Å². The van der Waals surface area contributed by atoms with Gasteiger partial charge in [0.05, 0.1) is 10.8 Å². The molecule has 1 N–H and O–H groups in total. The van der Waals surface area contributed by atoms with E-state index in [4.69, 9.17) is 16.7 Å². The largest absolute Gasteiger partial charge is 0.481 e. The molecule has 4 nitrogen and oxygen atoms in total. The quantitative estimate of drug-likeness (QED) is 0.859. The Morgan fingerprint density at radius 1 is 1.55 bits per heavy atom. The van der Waals surface area contributed by atoms with E-state index in [1.165, 1.54) is 12.1 Å². The zero-order valence-corrected chi connectivity index (χ0v) is 12.2. The average molecular weight is 315 g/mol. The lowest BCUT2D eigenvalue weighted by molar-refractivity contribution is -0.133. The van der Waals surface area contributed by atoms with Crippen LogP contribution in [0.4, 0.5) is 4.39 Å². The fraction of sp³-hybridized carbons (Fsp3) is 0.231. The Labute approximate surface area is 124 Å². The molecule has 106 valence electrons. The van der Waals surface area contributed by atoms with Crippen LogP contribution in [0.2, 0.25) is 5.02 Å². The Morgan fingerprint density at radius 2 is 2.30 bits per heavy atom. The van der Waals surface area contributed by atoms with Gasteiger partial charge in [-0.25, -0.2) is 9.37 Å². The van der Waals surface area contributed by atoms with E-state index in [0.717, 1.165) is 17.5 Å². The highest BCUT2D eigenvalue weighted by Crippen LogP contribution is 2.30. The van der Waals surface area contributed by atoms with Gasteiger partial charge in [0.2, 0.25) is 0 Å². The number of imidazole rings is 1. The molecular weight excluding hydrogens is 303 g/mol. The number of carbonyl (C=O) groups is 1. The minimum Gasteiger partial charge on any atom is -0.481 e. The molecule has 0 radical (unpaired) electrons. The molecule has 0 spiro atoms. The smallest absolute Gasteiger partial charge is 0.313 e. The predicted octanol–water partition coefficient (Wildman–Crippen LogP) is 3.40. The summed E-state index contributed by atoms with van der Waals surface area (Å²) in [7, 11) is 0. The molecule has 0 saturated carbocycles. The number of aliphatic carboxylic acids is 1. The first-order valence-electron chi connectivity index (χ1n) is 5.90. The molecule has 0 aliphatic rings. The molecule has 1 heterocycles. The molecular formula is C13H12ClFN2O2S. The van der Waals surface area contributed by atoms with Gasteiger partial charge in [-0.1, -0.05) is 36.4 Å². The first-order valence-corrected chi connectivity index (χ1v) is 7.26. The van der Waals surface area contributed by atoms with Gasteiger partial charge in [0, 0.05) is 11.9 Å². The number of nitrogens with zero attached hydrogens (tertiary/aromatic N) is 2. The van der Waals surface area contributed by atoms with Crippen LogP contribution >= 0.6 is 23.4 Å². The maximum Gasteiger partial charge on any atom is 0.313 e. The second-order valence-electron chi connectivity index (χ2n) is 3.97. The van der Waals surface area contributed by atoms with Crippen LogP contribution in [0, 0.1) is 5.82 Å². The highest BCUT2D eigenvalue weighted by atomic mass is 35.5. The third-order valence-corrected chi connectivity index (χ3v) is 3.89. The number of carboxylic acids is 1. The van der Waals surface area contributed by atoms with Crippen molar-refractivity contribution in [3.05, 3.63) is 40.9 Å². The number of halogens is 2. The van der Waals surface area contributed by atoms with Crippen molar-refractivity contribution in [3.63, 3.8) is 0 Å². The molecule has 0 amide bonds. The zero-order valence-electron chi connectivity index (χ0n) is 10.6. The van der Waals surface area contributed by atoms with Gasteiger partial charge < -0.3 is 5.11 Å². The average Bonchev–Trinajstić information content (AvgIpc) is 2.79. The number of para-hydroxylation sites is 1. The molecule has 0 unspecified atom stereocenters. The first-order chi connectivity index (χ1) is 9.54. The highest BCUT2D eigenvalue weighted by Gasteiger charge is 2.18. The number of hydrogen-bond donors (Lipinski definition) is 1. The topological polar surface area (TPSA) is 55.1 Å². The summed E-state index contributed by atoms with van der Waals surface area (Å²) in [5, 5.41) is 9.42. The Balaban J connectivity index is 2.53. The van der Waals surface area contributed by atoms with Crippen LogP contribution in [-0.4, -0.2) is 26.4 Å². The fourth-order valence-corrected chi connectivity index (χ4v) is 2.75. The SMILES string of the molecule is CCc1cnc(SCC(=O)O)n1-c1c(F)cccc1Cl. The molecule has 2 aromatic rings. The Bertz CT molecular complexity index is 625. The first kappa shape index (κ1) is 14.9. The lowest BCUT2D eigenvalue weighted by Crippen LogP contribution is -2.06. The van der Waals surface area contributed by atoms with Crippen LogP contribution in [0.5, 0.6) is 0 Å². The van der Waals surface area contributed by atoms with E-state index in [1.54, 1.807) is 16.8 Å². The van der Waals surface area contributed by atoms with Crippen LogP contribution in [0.3, 0.4) is 0 Å². The summed E-state index contributed by atoms with van der Waals surface area (Å²) >= 11 is 7.10. The molecule has 0 aliphatic heterocycles. The maximum atomic E-state index is 14.1. The van der Waals surface area contributed by atoms with Gasteiger partial charge in [-0.15, -0.1) is 0 Å². The minimum atomic E-state index is -0.956. The summed E-state index contributed by atoms with van der Waals surface area (Å²) in [5.41, 5.74) is 0.973. The molecule has 1 aromatic carbocycles. The molecule has 0 fully saturated rings. The number of aromatic nitrogens is 2. The minimum absolute atomic E-state index is 0.147. The van der Waals surface area contributed by atoms with Crippen LogP contribution < -0.4 is 0 Å². The number of aryl methyl sites for hydroxylation is 1. The van der Waals surface area contributed by atoms with Crippen LogP contribution in [0.25, 0.3) is 5.69 Å². The summed E-state index contributed by atoms with van der Waals surface area (Å²) in [4.78, 5) is 14.8. The van der Waals surface area contributed by atoms with Gasteiger partial charge in [0.1, 0.15) is 11.5 Å². The summed E-state index contributed by atoms with van der Waals surface area (Å²) in [6.07, 6.45) is 2.23. The standard InChI is InChI=1S/C13H12ClFN2O2S/c1-2-8-6-16-13(20-7-11(18)19)17(8)12-9(14)4-3-5-10(12)15/h3-6H,2,7H2,1H3,(H,18,19). The highest BCUT2D eigenvalue weighted by molar-refractivity contribution is 7.99. The van der Waals surface area contributed by atoms with Gasteiger partial charge in [-0.3, -0.25) is 9.36 Å². The van der Waals surface area contributed by atoms with Gasteiger partial charge >= 0.3 is 5.97 Å². The molecule has 20 heavy (non-hydrogen) atoms. The van der Waals surface area contributed by atoms with Crippen LogP contribution in [-0.2, 0) is 11.2 Å². The second kappa shape index (κ2) is 6.28. The predicted molar refractivity (Wildman–Crippen MR) is 76.3 cm³/mol. The molecule has 0 aliphatic carbocycles. The van der Waals surface area contributed by atoms with Crippen molar-refractivity contribution >= 4 is 29.3 Å². The van der Waals surface area contributed by atoms with E-state index in [0.29, 0.717) is 11.6 Å². The summed E-state index contributed by atoms with van der Waals surface area (Å²) in [6, 6.07) is 4.42. The lowest BCUT2D eigenvalue weighted by Gasteiger charge is -2.13. The van der Waals surface area contributed by atoms with Gasteiger partial charge in [-0.05, 0) is 18.6 Å². The molecule has 0 bridgehead atoms. The monoisotopic (exact) mass is 314 g/mol. The van der Waals surface area contributed by atoms with E-state index >= 15 is 0 Å². The van der Waals surface area contributed by atoms with Crippen molar-refractivity contribution in [1.29, 1.82) is 0 Å². The second-order valence-corrected chi connectivity index (χ2v) is 5.32. The Kier molecular flexibility index (Phi) is 4.67. The van der Waals surface area contributed by atoms with Crippen LogP contribution in [0.15, 0.2) is 29.6 Å². The third-order valence-electron chi connectivity index (χ3n) is 2.65. The van der Waals surface area contributed by atoms with Crippen molar-refractivity contribution in [3.8, 4) is 5.69 Å². The lowest BCUT2D eigenvalue weighted by atomic mass is 10.2. The van der Waals surface area contributed by atoms with Crippen molar-refractivity contribution in [2.45, 2.75) is 18.5 Å². The summed E-state index contributed by atoms with van der Waals surface area (Å²) < 4.78 is 15.6. The molecule has 2 rings (SSSR count). The number of hydrogen-bond acceptors (Lipinski definition) is 3. The van der Waals surface area contributed by atoms with Gasteiger partial charge in [0.15, 0.2) is 5.16 Å². The van der Waals surface area contributed by atoms with E-state index in [2.05, 4.69) is 4.98 Å². The van der Waals surface area contributed by atoms with Crippen molar-refractivity contribution in [2.75, 3.05) is 5.75 Å². The Morgan fingerprint density at radius 3 is 2.90 bits per heavy atom. The fourth-order valence-electron chi connectivity index (χ4n) is 1.79. The number of rotatable bonds is 5. The Hall–Kier alpha value is -1.53. The normalized spacial score (nSPS) is 10.8. The van der Waals surface area contributed by atoms with Crippen molar-refractivity contribution in [1.82, 2.24) is 9.55 Å². The number of carboxylic acid groups (broad SMARTS) is 1. The maximum absolute atomic E-state index is 14.1. The molecule has 1 aromatic heterocycles. The molecule has 0 saturated heterocycles. The van der Waals surface area contributed by atoms with E-state index in [9.17, 15) is 9.18 Å². The molecule has 7 heteroatoms. The summed E-state index contributed by atoms with van der Waals surface area (Å²) in [5.74, 6) is -1.57. The van der Waals surface area contributed by atoms with E-state index < -0.39 is 11.8 Å². The number of benzene rings is 1. The van der Waals surface area contributed by atoms with Crippen molar-refractivity contribution in [2.24, 2.45) is 0 Å². The van der Waals surface area contributed by atoms with Crippen LogP contribution in [0.1, 0.15) is 12.6 Å². The molecule has 0 atom stereocenters.